The Morgan fingerprint density at radius 2 is 2.12 bits per heavy atom. The van der Waals surface area contributed by atoms with E-state index in [-0.39, 0.29) is 11.9 Å². The van der Waals surface area contributed by atoms with Crippen LogP contribution in [0.15, 0.2) is 23.2 Å². The van der Waals surface area contributed by atoms with E-state index >= 15 is 0 Å². The first-order valence-electron chi connectivity index (χ1n) is 8.21. The molecule has 2 rings (SSSR count). The van der Waals surface area contributed by atoms with E-state index in [0.29, 0.717) is 37.0 Å². The van der Waals surface area contributed by atoms with E-state index in [1.54, 1.807) is 14.0 Å². The minimum atomic E-state index is -0.601. The first-order valence-corrected chi connectivity index (χ1v) is 8.21. The van der Waals surface area contributed by atoms with Gasteiger partial charge in [0.05, 0.1) is 6.04 Å². The van der Waals surface area contributed by atoms with Gasteiger partial charge in [0.15, 0.2) is 5.96 Å². The second-order valence-corrected chi connectivity index (χ2v) is 5.98. The molecule has 0 aromatic heterocycles. The van der Waals surface area contributed by atoms with Gasteiger partial charge in [-0.25, -0.2) is 8.78 Å². The number of hydrogen-bond donors (Lipinski definition) is 3. The number of carbonyl (C=O) groups excluding carboxylic acids is 1. The molecule has 1 aliphatic rings. The van der Waals surface area contributed by atoms with Crippen LogP contribution in [-0.4, -0.2) is 31.5 Å². The summed E-state index contributed by atoms with van der Waals surface area (Å²) in [7, 11) is 1.61. The third-order valence-corrected chi connectivity index (χ3v) is 3.82. The quantitative estimate of drug-likeness (QED) is 0.406. The summed E-state index contributed by atoms with van der Waals surface area (Å²) in [6, 6.07) is 3.52. The molecule has 1 unspecified atom stereocenters. The van der Waals surface area contributed by atoms with Crippen LogP contribution in [0.4, 0.5) is 8.78 Å². The summed E-state index contributed by atoms with van der Waals surface area (Å²) in [5.74, 6) is -0.615. The number of rotatable bonds is 7. The molecule has 5 nitrogen and oxygen atoms in total. The van der Waals surface area contributed by atoms with Crippen LogP contribution in [0.3, 0.4) is 0 Å². The van der Waals surface area contributed by atoms with Gasteiger partial charge in [0.25, 0.3) is 0 Å². The van der Waals surface area contributed by atoms with Crippen LogP contribution in [0.2, 0.25) is 0 Å². The number of halogens is 2. The van der Waals surface area contributed by atoms with Crippen LogP contribution in [0.25, 0.3) is 0 Å². The first kappa shape index (κ1) is 18.2. The Morgan fingerprint density at radius 3 is 2.75 bits per heavy atom. The van der Waals surface area contributed by atoms with Crippen LogP contribution < -0.4 is 16.0 Å². The fourth-order valence-electron chi connectivity index (χ4n) is 2.31. The average molecular weight is 338 g/mol. The molecule has 1 atom stereocenters. The van der Waals surface area contributed by atoms with Crippen molar-refractivity contribution in [3.05, 3.63) is 35.4 Å². The highest BCUT2D eigenvalue weighted by Gasteiger charge is 2.22. The molecule has 1 saturated carbocycles. The molecule has 0 radical (unpaired) electrons. The third-order valence-electron chi connectivity index (χ3n) is 3.82. The second-order valence-electron chi connectivity index (χ2n) is 5.98. The lowest BCUT2D eigenvalue weighted by molar-refractivity contribution is -0.121. The van der Waals surface area contributed by atoms with Crippen molar-refractivity contribution >= 4 is 11.9 Å². The average Bonchev–Trinajstić information content (AvgIpc) is 3.33. The van der Waals surface area contributed by atoms with Crippen molar-refractivity contribution in [2.24, 2.45) is 4.99 Å². The smallest absolute Gasteiger partial charge is 0.220 e. The van der Waals surface area contributed by atoms with Crippen molar-refractivity contribution in [2.75, 3.05) is 13.6 Å². The van der Waals surface area contributed by atoms with Gasteiger partial charge < -0.3 is 16.0 Å². The van der Waals surface area contributed by atoms with Crippen molar-refractivity contribution < 1.29 is 13.6 Å². The molecule has 1 aromatic rings. The highest BCUT2D eigenvalue weighted by atomic mass is 19.1. The SMILES string of the molecule is CN=C(NCCCC(=O)NC1CC1)NC(C)c1ccc(F)cc1F. The molecule has 1 aromatic carbocycles. The Labute approximate surface area is 140 Å². The largest absolute Gasteiger partial charge is 0.356 e. The molecule has 1 fully saturated rings. The van der Waals surface area contributed by atoms with Gasteiger partial charge in [0.2, 0.25) is 5.91 Å². The topological polar surface area (TPSA) is 65.5 Å². The predicted molar refractivity (Wildman–Crippen MR) is 89.7 cm³/mol. The number of carbonyl (C=O) groups is 1. The van der Waals surface area contributed by atoms with Gasteiger partial charge >= 0.3 is 0 Å². The molecule has 0 spiro atoms. The van der Waals surface area contributed by atoms with Crippen LogP contribution >= 0.6 is 0 Å². The Morgan fingerprint density at radius 1 is 1.38 bits per heavy atom. The zero-order valence-electron chi connectivity index (χ0n) is 14.0. The summed E-state index contributed by atoms with van der Waals surface area (Å²) in [4.78, 5) is 15.7. The van der Waals surface area contributed by atoms with Gasteiger partial charge in [-0.15, -0.1) is 0 Å². The monoisotopic (exact) mass is 338 g/mol. The lowest BCUT2D eigenvalue weighted by Gasteiger charge is -2.18. The van der Waals surface area contributed by atoms with Crippen LogP contribution in [0, 0.1) is 11.6 Å². The van der Waals surface area contributed by atoms with Crippen LogP contribution in [0.5, 0.6) is 0 Å². The lowest BCUT2D eigenvalue weighted by Crippen LogP contribution is -2.39. The van der Waals surface area contributed by atoms with Gasteiger partial charge in [-0.3, -0.25) is 9.79 Å². The van der Waals surface area contributed by atoms with E-state index in [1.165, 1.54) is 12.1 Å². The summed E-state index contributed by atoms with van der Waals surface area (Å²) in [6.07, 6.45) is 3.30. The number of nitrogens with one attached hydrogen (secondary N) is 3. The van der Waals surface area contributed by atoms with E-state index in [0.717, 1.165) is 18.9 Å². The maximum absolute atomic E-state index is 13.8. The minimum Gasteiger partial charge on any atom is -0.356 e. The molecule has 0 bridgehead atoms. The Kier molecular flexibility index (Phi) is 6.52. The molecule has 3 N–H and O–H groups in total. The Hall–Kier alpha value is -2.18. The molecule has 0 saturated heterocycles. The molecular formula is C17H24F2N4O. The second kappa shape index (κ2) is 8.61. The molecule has 0 heterocycles. The summed E-state index contributed by atoms with van der Waals surface area (Å²) < 4.78 is 26.7. The number of amides is 1. The van der Waals surface area contributed by atoms with Crippen molar-refractivity contribution in [1.82, 2.24) is 16.0 Å². The maximum Gasteiger partial charge on any atom is 0.220 e. The number of aliphatic imine (C=N–C) groups is 1. The lowest BCUT2D eigenvalue weighted by atomic mass is 10.1. The van der Waals surface area contributed by atoms with Crippen molar-refractivity contribution in [2.45, 2.75) is 44.7 Å². The summed E-state index contributed by atoms with van der Waals surface area (Å²) in [6.45, 7) is 2.35. The fraction of sp³-hybridized carbons (Fsp3) is 0.529. The number of nitrogens with zero attached hydrogens (tertiary/aromatic N) is 1. The Balaban J connectivity index is 1.73. The van der Waals surface area contributed by atoms with E-state index in [4.69, 9.17) is 0 Å². The van der Waals surface area contributed by atoms with E-state index in [9.17, 15) is 13.6 Å². The standard InChI is InChI=1S/C17H24F2N4O/c1-11(14-8-5-12(18)10-15(14)19)22-17(20-2)21-9-3-4-16(24)23-13-6-7-13/h5,8,10-11,13H,3-4,6-7,9H2,1-2H3,(H,23,24)(H2,20,21,22). The zero-order valence-corrected chi connectivity index (χ0v) is 14.0. The summed E-state index contributed by atoms with van der Waals surface area (Å²) >= 11 is 0. The maximum atomic E-state index is 13.8. The molecule has 1 aliphatic carbocycles. The van der Waals surface area contributed by atoms with Gasteiger partial charge in [0, 0.05) is 37.7 Å². The van der Waals surface area contributed by atoms with E-state index < -0.39 is 11.6 Å². The predicted octanol–water partition coefficient (Wildman–Crippen LogP) is 2.25. The first-order chi connectivity index (χ1) is 11.5. The zero-order chi connectivity index (χ0) is 17.5. The summed E-state index contributed by atoms with van der Waals surface area (Å²) in [5.41, 5.74) is 0.364. The minimum absolute atomic E-state index is 0.0731. The highest BCUT2D eigenvalue weighted by molar-refractivity contribution is 5.80. The van der Waals surface area contributed by atoms with Crippen molar-refractivity contribution in [1.29, 1.82) is 0 Å². The highest BCUT2D eigenvalue weighted by Crippen LogP contribution is 2.19. The Bertz CT molecular complexity index is 602. The van der Waals surface area contributed by atoms with E-state index in [1.807, 2.05) is 0 Å². The van der Waals surface area contributed by atoms with Gasteiger partial charge in [-0.05, 0) is 32.3 Å². The molecule has 24 heavy (non-hydrogen) atoms. The van der Waals surface area contributed by atoms with E-state index in [2.05, 4.69) is 20.9 Å². The van der Waals surface area contributed by atoms with Crippen LogP contribution in [-0.2, 0) is 4.79 Å². The molecular weight excluding hydrogens is 314 g/mol. The third kappa shape index (κ3) is 5.79. The number of benzene rings is 1. The molecule has 132 valence electrons. The summed E-state index contributed by atoms with van der Waals surface area (Å²) in [5, 5.41) is 9.07. The van der Waals surface area contributed by atoms with Crippen molar-refractivity contribution in [3.8, 4) is 0 Å². The van der Waals surface area contributed by atoms with Crippen molar-refractivity contribution in [3.63, 3.8) is 0 Å². The number of guanidine groups is 1. The normalized spacial score (nSPS) is 15.8. The van der Waals surface area contributed by atoms with Gasteiger partial charge in [0.1, 0.15) is 11.6 Å². The molecule has 7 heteroatoms. The van der Waals surface area contributed by atoms with Crippen LogP contribution in [0.1, 0.15) is 44.2 Å². The molecule has 0 aliphatic heterocycles. The fourth-order valence-corrected chi connectivity index (χ4v) is 2.31. The molecule has 1 amide bonds. The van der Waals surface area contributed by atoms with Gasteiger partial charge in [-0.1, -0.05) is 6.07 Å². The van der Waals surface area contributed by atoms with Gasteiger partial charge in [-0.2, -0.15) is 0 Å². The number of hydrogen-bond acceptors (Lipinski definition) is 2.